The van der Waals surface area contributed by atoms with Crippen LogP contribution in [0.15, 0.2) is 18.2 Å². The summed E-state index contributed by atoms with van der Waals surface area (Å²) in [7, 11) is -0.335. The van der Waals surface area contributed by atoms with Crippen LogP contribution in [0.4, 0.5) is 0 Å². The van der Waals surface area contributed by atoms with Crippen molar-refractivity contribution in [2.75, 3.05) is 0 Å². The molecule has 1 fully saturated rings. The first kappa shape index (κ1) is 12.9. The van der Waals surface area contributed by atoms with Crippen molar-refractivity contribution in [3.63, 3.8) is 0 Å². The highest BCUT2D eigenvalue weighted by molar-refractivity contribution is 6.63. The van der Waals surface area contributed by atoms with Crippen LogP contribution < -0.4 is 5.46 Å². The predicted molar refractivity (Wildman–Crippen MR) is 71.9 cm³/mol. The van der Waals surface area contributed by atoms with Gasteiger partial charge >= 0.3 is 7.12 Å². The Hall–Kier alpha value is -0.505. The minimum absolute atomic E-state index is 0.313. The van der Waals surface area contributed by atoms with Crippen LogP contribution >= 0.6 is 11.6 Å². The number of rotatable bonds is 1. The normalized spacial score (nSPS) is 21.9. The van der Waals surface area contributed by atoms with Gasteiger partial charge in [0.05, 0.1) is 11.2 Å². The van der Waals surface area contributed by atoms with Gasteiger partial charge in [-0.2, -0.15) is 0 Å². The molecule has 92 valence electrons. The summed E-state index contributed by atoms with van der Waals surface area (Å²) in [6.45, 7) is 10.2. The molecule has 0 aliphatic carbocycles. The Labute approximate surface area is 108 Å². The van der Waals surface area contributed by atoms with Crippen LogP contribution in [0.3, 0.4) is 0 Å². The summed E-state index contributed by atoms with van der Waals surface area (Å²) in [5.41, 5.74) is 1.52. The van der Waals surface area contributed by atoms with Crippen molar-refractivity contribution in [1.82, 2.24) is 0 Å². The van der Waals surface area contributed by atoms with E-state index < -0.39 is 0 Å². The molecule has 0 atom stereocenters. The van der Waals surface area contributed by atoms with Crippen molar-refractivity contribution in [3.05, 3.63) is 28.8 Å². The van der Waals surface area contributed by atoms with Gasteiger partial charge in [-0.3, -0.25) is 0 Å². The number of hydrogen-bond acceptors (Lipinski definition) is 2. The molecule has 0 N–H and O–H groups in total. The van der Waals surface area contributed by atoms with Crippen molar-refractivity contribution < 1.29 is 9.31 Å². The SMILES string of the molecule is Cc1ccc(Cl)cc1B1OC(C)(C)C(C)(C)O1. The van der Waals surface area contributed by atoms with Crippen LogP contribution in [0, 0.1) is 6.92 Å². The van der Waals surface area contributed by atoms with Gasteiger partial charge in [-0.15, -0.1) is 0 Å². The maximum Gasteiger partial charge on any atom is 0.495 e. The van der Waals surface area contributed by atoms with Crippen molar-refractivity contribution in [2.45, 2.75) is 45.8 Å². The second-order valence-corrected chi connectivity index (χ2v) is 6.03. The summed E-state index contributed by atoms with van der Waals surface area (Å²) in [4.78, 5) is 0. The predicted octanol–water partition coefficient (Wildman–Crippen LogP) is 2.95. The molecule has 1 heterocycles. The fourth-order valence-electron chi connectivity index (χ4n) is 1.84. The van der Waals surface area contributed by atoms with Gasteiger partial charge in [0, 0.05) is 5.02 Å². The molecule has 0 amide bonds. The largest absolute Gasteiger partial charge is 0.495 e. The van der Waals surface area contributed by atoms with Gasteiger partial charge in [0.1, 0.15) is 0 Å². The van der Waals surface area contributed by atoms with Gasteiger partial charge in [0.25, 0.3) is 0 Å². The lowest BCUT2D eigenvalue weighted by Crippen LogP contribution is -2.41. The van der Waals surface area contributed by atoms with E-state index >= 15 is 0 Å². The molecule has 4 heteroatoms. The zero-order valence-corrected chi connectivity index (χ0v) is 11.8. The second-order valence-electron chi connectivity index (χ2n) is 5.59. The van der Waals surface area contributed by atoms with Gasteiger partial charge in [0.2, 0.25) is 0 Å². The third kappa shape index (κ3) is 2.24. The molecule has 1 saturated heterocycles. The van der Waals surface area contributed by atoms with E-state index in [0.29, 0.717) is 5.02 Å². The lowest BCUT2D eigenvalue weighted by atomic mass is 9.76. The van der Waals surface area contributed by atoms with Crippen molar-refractivity contribution in [3.8, 4) is 0 Å². The Morgan fingerprint density at radius 1 is 1.06 bits per heavy atom. The fraction of sp³-hybridized carbons (Fsp3) is 0.538. The first-order chi connectivity index (χ1) is 7.73. The summed E-state index contributed by atoms with van der Waals surface area (Å²) in [5.74, 6) is 0. The second kappa shape index (κ2) is 4.01. The van der Waals surface area contributed by atoms with E-state index in [1.165, 1.54) is 0 Å². The summed E-state index contributed by atoms with van der Waals surface area (Å²) < 4.78 is 12.0. The standard InChI is InChI=1S/C13H18BClO2/c1-9-6-7-10(15)8-11(9)14-16-12(2,3)13(4,5)17-14/h6-8H,1-5H3. The first-order valence-corrected chi connectivity index (χ1v) is 6.22. The topological polar surface area (TPSA) is 18.5 Å². The lowest BCUT2D eigenvalue weighted by Gasteiger charge is -2.32. The van der Waals surface area contributed by atoms with Gasteiger partial charge in [-0.1, -0.05) is 23.2 Å². The summed E-state index contributed by atoms with van der Waals surface area (Å²) in [5, 5.41) is 0.709. The highest BCUT2D eigenvalue weighted by Crippen LogP contribution is 2.36. The summed E-state index contributed by atoms with van der Waals surface area (Å²) in [6.07, 6.45) is 0. The number of halogens is 1. The molecule has 1 aliphatic rings. The average Bonchev–Trinajstić information content (AvgIpc) is 2.40. The molecular formula is C13H18BClO2. The number of aryl methyl sites for hydroxylation is 1. The quantitative estimate of drug-likeness (QED) is 0.716. The Morgan fingerprint density at radius 2 is 1.59 bits per heavy atom. The zero-order chi connectivity index (χ0) is 12.8. The summed E-state index contributed by atoms with van der Waals surface area (Å²) >= 11 is 6.03. The van der Waals surface area contributed by atoms with E-state index in [1.54, 1.807) is 0 Å². The van der Waals surface area contributed by atoms with Gasteiger partial charge in [-0.25, -0.2) is 0 Å². The molecule has 0 saturated carbocycles. The van der Waals surface area contributed by atoms with Crippen LogP contribution in [0.25, 0.3) is 0 Å². The highest BCUT2D eigenvalue weighted by atomic mass is 35.5. The Kier molecular flexibility index (Phi) is 3.05. The van der Waals surface area contributed by atoms with Gasteiger partial charge in [0.15, 0.2) is 0 Å². The molecule has 0 spiro atoms. The monoisotopic (exact) mass is 252 g/mol. The van der Waals surface area contributed by atoms with Crippen LogP contribution in [-0.2, 0) is 9.31 Å². The third-order valence-electron chi connectivity index (χ3n) is 3.75. The van der Waals surface area contributed by atoms with Crippen molar-refractivity contribution in [2.24, 2.45) is 0 Å². The van der Waals surface area contributed by atoms with E-state index in [4.69, 9.17) is 20.9 Å². The molecule has 0 unspecified atom stereocenters. The Bertz CT molecular complexity index is 427. The van der Waals surface area contributed by atoms with E-state index in [-0.39, 0.29) is 18.3 Å². The summed E-state index contributed by atoms with van der Waals surface area (Å²) in [6, 6.07) is 5.79. The highest BCUT2D eigenvalue weighted by Gasteiger charge is 2.52. The number of hydrogen-bond donors (Lipinski definition) is 0. The molecule has 1 aromatic rings. The maximum atomic E-state index is 6.03. The first-order valence-electron chi connectivity index (χ1n) is 5.85. The van der Waals surface area contributed by atoms with Gasteiger partial charge < -0.3 is 9.31 Å². The fourth-order valence-corrected chi connectivity index (χ4v) is 2.02. The minimum atomic E-state index is -0.335. The van der Waals surface area contributed by atoms with E-state index in [1.807, 2.05) is 52.8 Å². The third-order valence-corrected chi connectivity index (χ3v) is 3.98. The molecule has 2 rings (SSSR count). The number of benzene rings is 1. The van der Waals surface area contributed by atoms with E-state index in [2.05, 4.69) is 0 Å². The molecule has 17 heavy (non-hydrogen) atoms. The minimum Gasteiger partial charge on any atom is -0.399 e. The zero-order valence-electron chi connectivity index (χ0n) is 11.0. The molecular weight excluding hydrogens is 234 g/mol. The Balaban J connectivity index is 2.35. The van der Waals surface area contributed by atoms with E-state index in [0.717, 1.165) is 11.0 Å². The molecule has 0 aromatic heterocycles. The molecule has 1 aromatic carbocycles. The van der Waals surface area contributed by atoms with Crippen molar-refractivity contribution >= 4 is 24.2 Å². The van der Waals surface area contributed by atoms with E-state index in [9.17, 15) is 0 Å². The molecule has 1 aliphatic heterocycles. The molecule has 0 radical (unpaired) electrons. The smallest absolute Gasteiger partial charge is 0.399 e. The molecule has 0 bridgehead atoms. The average molecular weight is 253 g/mol. The lowest BCUT2D eigenvalue weighted by molar-refractivity contribution is 0.00578. The maximum absolute atomic E-state index is 6.03. The van der Waals surface area contributed by atoms with Crippen LogP contribution in [0.2, 0.25) is 5.02 Å². The van der Waals surface area contributed by atoms with Crippen LogP contribution in [0.1, 0.15) is 33.3 Å². The van der Waals surface area contributed by atoms with Gasteiger partial charge in [-0.05, 0) is 52.2 Å². The molecule has 2 nitrogen and oxygen atoms in total. The van der Waals surface area contributed by atoms with Crippen LogP contribution in [0.5, 0.6) is 0 Å². The Morgan fingerprint density at radius 3 is 2.12 bits per heavy atom. The van der Waals surface area contributed by atoms with Crippen molar-refractivity contribution in [1.29, 1.82) is 0 Å². The van der Waals surface area contributed by atoms with Crippen LogP contribution in [-0.4, -0.2) is 18.3 Å².